The molecule has 6 aromatic carbocycles. The first-order valence-electron chi connectivity index (χ1n) is 18.4. The summed E-state index contributed by atoms with van der Waals surface area (Å²) in [6.45, 7) is 9.37. The van der Waals surface area contributed by atoms with E-state index in [-0.39, 0.29) is 5.97 Å². The van der Waals surface area contributed by atoms with Crippen molar-refractivity contribution < 1.29 is 14.3 Å². The molecule has 0 unspecified atom stereocenters. The van der Waals surface area contributed by atoms with Crippen LogP contribution in [0.25, 0.3) is 11.1 Å². The minimum atomic E-state index is -0.359. The van der Waals surface area contributed by atoms with Crippen molar-refractivity contribution in [1.29, 1.82) is 0 Å². The van der Waals surface area contributed by atoms with E-state index in [1.807, 2.05) is 0 Å². The summed E-state index contributed by atoms with van der Waals surface area (Å²) in [5.74, 6) is -0.359. The predicted molar refractivity (Wildman–Crippen MR) is 220 cm³/mol. The van der Waals surface area contributed by atoms with Gasteiger partial charge < -0.3 is 19.3 Å². The van der Waals surface area contributed by atoms with E-state index in [4.69, 9.17) is 9.47 Å². The highest BCUT2D eigenvalue weighted by atomic mass is 16.5. The second-order valence-corrected chi connectivity index (χ2v) is 13.3. The van der Waals surface area contributed by atoms with E-state index in [0.717, 1.165) is 76.5 Å². The van der Waals surface area contributed by atoms with Gasteiger partial charge in [-0.05, 0) is 123 Å². The topological polar surface area (TPSA) is 42.0 Å². The average Bonchev–Trinajstić information content (AvgIpc) is 3.20. The van der Waals surface area contributed by atoms with Gasteiger partial charge in [0.2, 0.25) is 0 Å². The molecular weight excluding hydrogens is 653 g/mol. The third kappa shape index (κ3) is 10.1. The number of para-hydroxylation sites is 1. The summed E-state index contributed by atoms with van der Waals surface area (Å²) in [4.78, 5) is 15.7. The first-order chi connectivity index (χ1) is 26.0. The van der Waals surface area contributed by atoms with Crippen LogP contribution in [0.5, 0.6) is 0 Å². The first kappa shape index (κ1) is 36.9. The maximum Gasteiger partial charge on any atom is 0.330 e. The van der Waals surface area contributed by atoms with Gasteiger partial charge in [-0.2, -0.15) is 0 Å². The van der Waals surface area contributed by atoms with Gasteiger partial charge in [-0.3, -0.25) is 0 Å². The molecule has 5 nitrogen and oxygen atoms in total. The molecule has 0 N–H and O–H groups in total. The number of hydrogen-bond donors (Lipinski definition) is 0. The number of aryl methyl sites for hydroxylation is 2. The summed E-state index contributed by atoms with van der Waals surface area (Å²) in [7, 11) is 0. The minimum absolute atomic E-state index is 0.359. The van der Waals surface area contributed by atoms with E-state index in [0.29, 0.717) is 19.8 Å². The second-order valence-electron chi connectivity index (χ2n) is 13.3. The van der Waals surface area contributed by atoms with Crippen molar-refractivity contribution in [2.24, 2.45) is 0 Å². The molecule has 0 aromatic heterocycles. The van der Waals surface area contributed by atoms with Crippen molar-refractivity contribution in [3.05, 3.63) is 181 Å². The van der Waals surface area contributed by atoms with Crippen LogP contribution >= 0.6 is 0 Å². The largest absolute Gasteiger partial charge is 0.463 e. The quantitative estimate of drug-likeness (QED) is 0.0538. The van der Waals surface area contributed by atoms with Gasteiger partial charge >= 0.3 is 5.97 Å². The molecule has 268 valence electrons. The summed E-state index contributed by atoms with van der Waals surface area (Å²) in [6, 6.07) is 54.1. The lowest BCUT2D eigenvalue weighted by atomic mass is 10.0. The van der Waals surface area contributed by atoms with Crippen molar-refractivity contribution >= 4 is 40.1 Å². The molecular formula is C48H48N2O3. The molecule has 0 saturated heterocycles. The number of hydrogen-bond acceptors (Lipinski definition) is 5. The smallest absolute Gasteiger partial charge is 0.330 e. The average molecular weight is 701 g/mol. The Morgan fingerprint density at radius 2 is 0.906 bits per heavy atom. The fraction of sp³-hybridized carbons (Fsp3) is 0.188. The summed E-state index contributed by atoms with van der Waals surface area (Å²) >= 11 is 0. The SMILES string of the molecule is C=CC(=O)OCCCCCCOCc1ccc(N(c2ccc(C)cc2)c2ccc(-c3ccc(N(c4ccccc4)c4ccc(C)cc4)cc3)cc2)cc1. The molecule has 0 heterocycles. The van der Waals surface area contributed by atoms with Gasteiger partial charge in [-0.25, -0.2) is 4.79 Å². The first-order valence-corrected chi connectivity index (χ1v) is 18.4. The number of rotatable bonds is 17. The van der Waals surface area contributed by atoms with Crippen LogP contribution in [0.2, 0.25) is 0 Å². The van der Waals surface area contributed by atoms with Crippen molar-refractivity contribution in [1.82, 2.24) is 0 Å². The fourth-order valence-electron chi connectivity index (χ4n) is 6.29. The van der Waals surface area contributed by atoms with Gasteiger partial charge in [-0.1, -0.05) is 103 Å². The lowest BCUT2D eigenvalue weighted by molar-refractivity contribution is -0.137. The van der Waals surface area contributed by atoms with E-state index in [1.165, 1.54) is 17.2 Å². The number of esters is 1. The molecule has 6 aromatic rings. The number of nitrogens with zero attached hydrogens (tertiary/aromatic N) is 2. The Balaban J connectivity index is 1.13. The van der Waals surface area contributed by atoms with Gasteiger partial charge in [0.05, 0.1) is 13.2 Å². The molecule has 53 heavy (non-hydrogen) atoms. The van der Waals surface area contributed by atoms with Crippen LogP contribution in [-0.4, -0.2) is 19.2 Å². The molecule has 0 fully saturated rings. The van der Waals surface area contributed by atoms with Gasteiger partial charge in [-0.15, -0.1) is 0 Å². The van der Waals surface area contributed by atoms with Crippen LogP contribution < -0.4 is 9.80 Å². The zero-order chi connectivity index (χ0) is 36.8. The van der Waals surface area contributed by atoms with Crippen molar-refractivity contribution in [3.63, 3.8) is 0 Å². The number of benzene rings is 6. The number of unbranched alkanes of at least 4 members (excludes halogenated alkanes) is 3. The standard InChI is InChI=1S/C48H48N2O3/c1-4-48(51)53-35-11-6-5-10-34-52-36-39-18-28-45(29-19-39)50(44-26-16-38(3)17-27-44)47-32-22-41(23-33-47)40-20-30-46(31-21-40)49(42-12-8-7-9-13-42)43-24-14-37(2)15-25-43/h4,7-9,12-33H,1,5-6,10-11,34-36H2,2-3H3. The van der Waals surface area contributed by atoms with Crippen molar-refractivity contribution in [2.75, 3.05) is 23.0 Å². The monoisotopic (exact) mass is 700 g/mol. The van der Waals surface area contributed by atoms with Gasteiger partial charge in [0.15, 0.2) is 0 Å². The maximum atomic E-state index is 11.1. The maximum absolute atomic E-state index is 11.1. The van der Waals surface area contributed by atoms with Crippen LogP contribution in [0.15, 0.2) is 164 Å². The van der Waals surface area contributed by atoms with Crippen LogP contribution in [-0.2, 0) is 20.9 Å². The van der Waals surface area contributed by atoms with Crippen molar-refractivity contribution in [2.45, 2.75) is 46.1 Å². The number of carbonyl (C=O) groups is 1. The van der Waals surface area contributed by atoms with Crippen LogP contribution in [0, 0.1) is 13.8 Å². The number of anilines is 6. The number of carbonyl (C=O) groups excluding carboxylic acids is 1. The van der Waals surface area contributed by atoms with Gasteiger partial charge in [0, 0.05) is 46.8 Å². The van der Waals surface area contributed by atoms with E-state index in [9.17, 15) is 4.79 Å². The highest BCUT2D eigenvalue weighted by Gasteiger charge is 2.15. The highest BCUT2D eigenvalue weighted by molar-refractivity contribution is 5.81. The van der Waals surface area contributed by atoms with E-state index in [2.05, 4.69) is 182 Å². The molecule has 0 atom stereocenters. The third-order valence-corrected chi connectivity index (χ3v) is 9.24. The summed E-state index contributed by atoms with van der Waals surface area (Å²) in [5.41, 5.74) is 12.6. The second kappa shape index (κ2) is 18.5. The number of ether oxygens (including phenoxy) is 2. The molecule has 0 saturated carbocycles. The third-order valence-electron chi connectivity index (χ3n) is 9.24. The lowest BCUT2D eigenvalue weighted by Crippen LogP contribution is -2.10. The molecule has 0 aliphatic rings. The molecule has 0 amide bonds. The van der Waals surface area contributed by atoms with Crippen LogP contribution in [0.3, 0.4) is 0 Å². The molecule has 0 spiro atoms. The Morgan fingerprint density at radius 3 is 1.36 bits per heavy atom. The molecule has 0 radical (unpaired) electrons. The Kier molecular flexibility index (Phi) is 12.9. The summed E-state index contributed by atoms with van der Waals surface area (Å²) in [5, 5.41) is 0. The Labute approximate surface area is 314 Å². The fourth-order valence-corrected chi connectivity index (χ4v) is 6.29. The van der Waals surface area contributed by atoms with Gasteiger partial charge in [0.1, 0.15) is 0 Å². The Bertz CT molecular complexity index is 2020. The van der Waals surface area contributed by atoms with Crippen LogP contribution in [0.1, 0.15) is 42.4 Å². The van der Waals surface area contributed by atoms with E-state index >= 15 is 0 Å². The van der Waals surface area contributed by atoms with Crippen molar-refractivity contribution in [3.8, 4) is 11.1 Å². The Hall–Kier alpha value is -5.91. The zero-order valence-electron chi connectivity index (χ0n) is 30.8. The van der Waals surface area contributed by atoms with Crippen LogP contribution in [0.4, 0.5) is 34.1 Å². The zero-order valence-corrected chi connectivity index (χ0v) is 30.8. The summed E-state index contributed by atoms with van der Waals surface area (Å²) in [6.07, 6.45) is 5.09. The molecule has 0 aliphatic carbocycles. The van der Waals surface area contributed by atoms with E-state index < -0.39 is 0 Å². The summed E-state index contributed by atoms with van der Waals surface area (Å²) < 4.78 is 11.0. The lowest BCUT2D eigenvalue weighted by Gasteiger charge is -2.26. The normalized spacial score (nSPS) is 10.8. The molecule has 5 heteroatoms. The highest BCUT2D eigenvalue weighted by Crippen LogP contribution is 2.38. The molecule has 6 rings (SSSR count). The Morgan fingerprint density at radius 1 is 0.509 bits per heavy atom. The molecule has 0 aliphatic heterocycles. The minimum Gasteiger partial charge on any atom is -0.463 e. The van der Waals surface area contributed by atoms with E-state index in [1.54, 1.807) is 0 Å². The predicted octanol–water partition coefficient (Wildman–Crippen LogP) is 12.7. The molecule has 0 bridgehead atoms. The van der Waals surface area contributed by atoms with Gasteiger partial charge in [0.25, 0.3) is 0 Å².